The normalized spacial score (nSPS) is 11.7. The summed E-state index contributed by atoms with van der Waals surface area (Å²) in [7, 11) is 1.72. The number of likely N-dealkylation sites (N-methyl/N-ethyl adjacent to an activating group) is 1. The number of hydrogen-bond donors (Lipinski definition) is 1. The molecule has 5 nitrogen and oxygen atoms in total. The summed E-state index contributed by atoms with van der Waals surface area (Å²) >= 11 is 0. The first kappa shape index (κ1) is 18.0. The summed E-state index contributed by atoms with van der Waals surface area (Å²) in [6.07, 6.45) is -0.488. The molecule has 0 aliphatic carbocycles. The third kappa shape index (κ3) is 6.16. The second-order valence-electron chi connectivity index (χ2n) is 7.04. The first-order valence-corrected chi connectivity index (χ1v) is 7.32. The van der Waals surface area contributed by atoms with Gasteiger partial charge in [-0.05, 0) is 46.8 Å². The molecule has 1 rings (SSSR count). The summed E-state index contributed by atoms with van der Waals surface area (Å²) in [6.45, 7) is 9.51. The van der Waals surface area contributed by atoms with E-state index in [4.69, 9.17) is 4.74 Å². The topological polar surface area (TPSA) is 58.6 Å². The molecule has 1 N–H and O–H groups in total. The molecule has 5 heteroatoms. The molecule has 0 radical (unpaired) electrons. The van der Waals surface area contributed by atoms with E-state index in [-0.39, 0.29) is 5.91 Å². The summed E-state index contributed by atoms with van der Waals surface area (Å²) in [5, 5.41) is 2.80. The summed E-state index contributed by atoms with van der Waals surface area (Å²) in [6, 6.07) is 9.06. The minimum atomic E-state index is -0.596. The molecule has 0 unspecified atom stereocenters. The SMILES string of the molecule is CN(CC(C)(C)NC(=O)OC(C)(C)C)C(=O)c1ccccc1. The summed E-state index contributed by atoms with van der Waals surface area (Å²) in [5.74, 6) is -0.0836. The van der Waals surface area contributed by atoms with Gasteiger partial charge in [-0.2, -0.15) is 0 Å². The zero-order chi connectivity index (χ0) is 17.0. The molecule has 0 saturated heterocycles. The second-order valence-corrected chi connectivity index (χ2v) is 7.04. The highest BCUT2D eigenvalue weighted by molar-refractivity contribution is 5.94. The smallest absolute Gasteiger partial charge is 0.408 e. The van der Waals surface area contributed by atoms with Crippen molar-refractivity contribution in [1.82, 2.24) is 10.2 Å². The molecular weight excluding hydrogens is 280 g/mol. The van der Waals surface area contributed by atoms with Crippen LogP contribution in [-0.2, 0) is 4.74 Å². The number of ether oxygens (including phenoxy) is 1. The molecule has 0 spiro atoms. The van der Waals surface area contributed by atoms with Crippen LogP contribution in [0.1, 0.15) is 45.0 Å². The number of carbonyl (C=O) groups is 2. The maximum Gasteiger partial charge on any atom is 0.408 e. The van der Waals surface area contributed by atoms with E-state index in [2.05, 4.69) is 5.32 Å². The van der Waals surface area contributed by atoms with Crippen LogP contribution in [0, 0.1) is 0 Å². The summed E-state index contributed by atoms with van der Waals surface area (Å²) < 4.78 is 5.25. The van der Waals surface area contributed by atoms with Crippen LogP contribution in [0.5, 0.6) is 0 Å². The van der Waals surface area contributed by atoms with Crippen molar-refractivity contribution in [3.05, 3.63) is 35.9 Å². The fraction of sp³-hybridized carbons (Fsp3) is 0.529. The Morgan fingerprint density at radius 3 is 2.14 bits per heavy atom. The highest BCUT2D eigenvalue weighted by Gasteiger charge is 2.27. The van der Waals surface area contributed by atoms with E-state index in [1.807, 2.05) is 52.8 Å². The van der Waals surface area contributed by atoms with Crippen molar-refractivity contribution in [1.29, 1.82) is 0 Å². The van der Waals surface area contributed by atoms with Crippen molar-refractivity contribution in [3.63, 3.8) is 0 Å². The first-order chi connectivity index (χ1) is 10.0. The van der Waals surface area contributed by atoms with Gasteiger partial charge in [-0.3, -0.25) is 4.79 Å². The molecule has 1 aromatic carbocycles. The van der Waals surface area contributed by atoms with Crippen LogP contribution in [-0.4, -0.2) is 41.6 Å². The maximum atomic E-state index is 12.3. The average molecular weight is 306 g/mol. The quantitative estimate of drug-likeness (QED) is 0.930. The van der Waals surface area contributed by atoms with E-state index in [0.29, 0.717) is 12.1 Å². The van der Waals surface area contributed by atoms with Crippen molar-refractivity contribution in [2.24, 2.45) is 0 Å². The number of rotatable bonds is 4. The second kappa shape index (κ2) is 6.81. The Bertz CT molecular complexity index is 518. The van der Waals surface area contributed by atoms with Crippen LogP contribution in [0.2, 0.25) is 0 Å². The lowest BCUT2D eigenvalue weighted by Gasteiger charge is -2.32. The molecule has 2 amide bonds. The zero-order valence-corrected chi connectivity index (χ0v) is 14.3. The van der Waals surface area contributed by atoms with Gasteiger partial charge in [0.2, 0.25) is 0 Å². The average Bonchev–Trinajstić information content (AvgIpc) is 2.35. The predicted octanol–water partition coefficient (Wildman–Crippen LogP) is 3.06. The van der Waals surface area contributed by atoms with Gasteiger partial charge in [-0.1, -0.05) is 18.2 Å². The Hall–Kier alpha value is -2.04. The number of nitrogens with zero attached hydrogens (tertiary/aromatic N) is 1. The van der Waals surface area contributed by atoms with Crippen molar-refractivity contribution in [3.8, 4) is 0 Å². The van der Waals surface area contributed by atoms with Crippen molar-refractivity contribution in [2.45, 2.75) is 45.8 Å². The fourth-order valence-corrected chi connectivity index (χ4v) is 2.09. The summed E-state index contributed by atoms with van der Waals surface area (Å²) in [4.78, 5) is 25.8. The molecule has 1 aromatic rings. The van der Waals surface area contributed by atoms with Gasteiger partial charge in [0, 0.05) is 19.2 Å². The van der Waals surface area contributed by atoms with Gasteiger partial charge in [-0.15, -0.1) is 0 Å². The van der Waals surface area contributed by atoms with Crippen molar-refractivity contribution >= 4 is 12.0 Å². The first-order valence-electron chi connectivity index (χ1n) is 7.32. The molecule has 22 heavy (non-hydrogen) atoms. The monoisotopic (exact) mass is 306 g/mol. The highest BCUT2D eigenvalue weighted by atomic mass is 16.6. The minimum absolute atomic E-state index is 0.0836. The number of amides is 2. The Balaban J connectivity index is 2.63. The number of benzene rings is 1. The maximum absolute atomic E-state index is 12.3. The molecule has 0 bridgehead atoms. The highest BCUT2D eigenvalue weighted by Crippen LogP contribution is 2.12. The number of alkyl carbamates (subject to hydrolysis) is 1. The molecular formula is C17H26N2O3. The van der Waals surface area contributed by atoms with Crippen LogP contribution in [0.3, 0.4) is 0 Å². The zero-order valence-electron chi connectivity index (χ0n) is 14.3. The van der Waals surface area contributed by atoms with E-state index in [9.17, 15) is 9.59 Å². The van der Waals surface area contributed by atoms with Crippen LogP contribution < -0.4 is 5.32 Å². The third-order valence-electron chi connectivity index (χ3n) is 2.84. The number of nitrogens with one attached hydrogen (secondary N) is 1. The molecule has 0 aliphatic rings. The van der Waals surface area contributed by atoms with Gasteiger partial charge in [0.15, 0.2) is 0 Å². The summed E-state index contributed by atoms with van der Waals surface area (Å²) in [5.41, 5.74) is -0.522. The molecule has 0 aromatic heterocycles. The van der Waals surface area contributed by atoms with Crippen LogP contribution in [0.15, 0.2) is 30.3 Å². The molecule has 0 saturated carbocycles. The van der Waals surface area contributed by atoms with E-state index in [0.717, 1.165) is 0 Å². The van der Waals surface area contributed by atoms with Crippen LogP contribution in [0.25, 0.3) is 0 Å². The van der Waals surface area contributed by atoms with E-state index >= 15 is 0 Å². The lowest BCUT2D eigenvalue weighted by Crippen LogP contribution is -2.52. The Kier molecular flexibility index (Phi) is 5.58. The van der Waals surface area contributed by atoms with Gasteiger partial charge in [0.25, 0.3) is 5.91 Å². The van der Waals surface area contributed by atoms with Gasteiger partial charge < -0.3 is 15.0 Å². The van der Waals surface area contributed by atoms with Crippen molar-refractivity contribution < 1.29 is 14.3 Å². The minimum Gasteiger partial charge on any atom is -0.444 e. The van der Waals surface area contributed by atoms with E-state index in [1.165, 1.54) is 0 Å². The van der Waals surface area contributed by atoms with Gasteiger partial charge in [0.05, 0.1) is 5.54 Å². The lowest BCUT2D eigenvalue weighted by molar-refractivity contribution is 0.0441. The van der Waals surface area contributed by atoms with E-state index in [1.54, 1.807) is 24.1 Å². The molecule has 0 aliphatic heterocycles. The van der Waals surface area contributed by atoms with Crippen LogP contribution in [0.4, 0.5) is 4.79 Å². The molecule has 0 atom stereocenters. The Labute approximate surface area is 132 Å². The van der Waals surface area contributed by atoms with Gasteiger partial charge in [0.1, 0.15) is 5.60 Å². The predicted molar refractivity (Wildman–Crippen MR) is 86.9 cm³/mol. The largest absolute Gasteiger partial charge is 0.444 e. The molecule has 0 heterocycles. The molecule has 0 fully saturated rings. The number of hydrogen-bond acceptors (Lipinski definition) is 3. The lowest BCUT2D eigenvalue weighted by atomic mass is 10.0. The van der Waals surface area contributed by atoms with Crippen molar-refractivity contribution in [2.75, 3.05) is 13.6 Å². The van der Waals surface area contributed by atoms with E-state index < -0.39 is 17.2 Å². The van der Waals surface area contributed by atoms with Crippen LogP contribution >= 0.6 is 0 Å². The molecule has 122 valence electrons. The standard InChI is InChI=1S/C17H26N2O3/c1-16(2,3)22-15(21)18-17(4,5)12-19(6)14(20)13-10-8-7-9-11-13/h7-11H,12H2,1-6H3,(H,18,21). The van der Waals surface area contributed by atoms with Gasteiger partial charge >= 0.3 is 6.09 Å². The Morgan fingerprint density at radius 2 is 1.64 bits per heavy atom. The third-order valence-corrected chi connectivity index (χ3v) is 2.84. The number of carbonyl (C=O) groups excluding carboxylic acids is 2. The fourth-order valence-electron chi connectivity index (χ4n) is 2.09. The van der Waals surface area contributed by atoms with Gasteiger partial charge in [-0.25, -0.2) is 4.79 Å². The Morgan fingerprint density at radius 1 is 1.09 bits per heavy atom.